The maximum atomic E-state index is 11.7. The molecule has 0 fully saturated rings. The minimum atomic E-state index is -1.05. The summed E-state index contributed by atoms with van der Waals surface area (Å²) in [5, 5.41) is 11.7. The van der Waals surface area contributed by atoms with Crippen LogP contribution in [0.4, 0.5) is 5.69 Å². The van der Waals surface area contributed by atoms with Crippen LogP contribution in [0.1, 0.15) is 15.9 Å². The molecular weight excluding hydrogens is 266 g/mol. The Labute approximate surface area is 116 Å². The van der Waals surface area contributed by atoms with Crippen molar-refractivity contribution in [3.05, 3.63) is 29.3 Å². The van der Waals surface area contributed by atoms with Crippen molar-refractivity contribution < 1.29 is 19.4 Å². The molecule has 0 atom stereocenters. The molecule has 5 nitrogen and oxygen atoms in total. The number of carboxylic acids is 1. The van der Waals surface area contributed by atoms with Gasteiger partial charge in [0.25, 0.3) is 0 Å². The van der Waals surface area contributed by atoms with Crippen LogP contribution in [0.5, 0.6) is 0 Å². The minimum Gasteiger partial charge on any atom is -0.478 e. The number of hydrogen-bond donors (Lipinski definition) is 2. The fourth-order valence-corrected chi connectivity index (χ4v) is 2.12. The molecule has 0 aromatic heterocycles. The maximum Gasteiger partial charge on any atom is 0.337 e. The molecule has 2 N–H and O–H groups in total. The first kappa shape index (κ1) is 15.5. The van der Waals surface area contributed by atoms with Crippen LogP contribution >= 0.6 is 11.8 Å². The SMILES string of the molecule is COCCSCC(=O)Nc1ccc(C)cc1C(=O)O. The molecular formula is C13H17NO4S. The van der Waals surface area contributed by atoms with Gasteiger partial charge in [-0.1, -0.05) is 11.6 Å². The quantitative estimate of drug-likeness (QED) is 0.749. The maximum absolute atomic E-state index is 11.7. The number of amides is 1. The van der Waals surface area contributed by atoms with Crippen molar-refractivity contribution >= 4 is 29.3 Å². The van der Waals surface area contributed by atoms with Crippen LogP contribution < -0.4 is 5.32 Å². The zero-order valence-electron chi connectivity index (χ0n) is 10.9. The zero-order valence-corrected chi connectivity index (χ0v) is 11.8. The van der Waals surface area contributed by atoms with Gasteiger partial charge in [-0.15, -0.1) is 11.8 Å². The molecule has 0 aliphatic carbocycles. The third-order valence-electron chi connectivity index (χ3n) is 2.34. The normalized spacial score (nSPS) is 10.2. The number of rotatable bonds is 7. The Bertz CT molecular complexity index is 462. The van der Waals surface area contributed by atoms with E-state index in [0.29, 0.717) is 12.3 Å². The number of benzene rings is 1. The number of aromatic carboxylic acids is 1. The number of ether oxygens (including phenoxy) is 1. The first-order valence-corrected chi connectivity index (χ1v) is 6.90. The van der Waals surface area contributed by atoms with Gasteiger partial charge >= 0.3 is 5.97 Å². The number of methoxy groups -OCH3 is 1. The van der Waals surface area contributed by atoms with Crippen molar-refractivity contribution in [1.29, 1.82) is 0 Å². The lowest BCUT2D eigenvalue weighted by molar-refractivity contribution is -0.113. The van der Waals surface area contributed by atoms with Crippen LogP contribution in [0.25, 0.3) is 0 Å². The van der Waals surface area contributed by atoms with Gasteiger partial charge in [-0.05, 0) is 19.1 Å². The van der Waals surface area contributed by atoms with Crippen molar-refractivity contribution in [2.45, 2.75) is 6.92 Å². The van der Waals surface area contributed by atoms with Gasteiger partial charge in [0, 0.05) is 12.9 Å². The van der Waals surface area contributed by atoms with Gasteiger partial charge < -0.3 is 15.2 Å². The molecule has 0 spiro atoms. The molecule has 0 saturated carbocycles. The molecule has 0 radical (unpaired) electrons. The molecule has 0 heterocycles. The predicted molar refractivity (Wildman–Crippen MR) is 76.0 cm³/mol. The van der Waals surface area contributed by atoms with Crippen molar-refractivity contribution in [2.24, 2.45) is 0 Å². The fourth-order valence-electron chi connectivity index (χ4n) is 1.44. The standard InChI is InChI=1S/C13H17NO4S/c1-9-3-4-11(10(7-9)13(16)17)14-12(15)8-19-6-5-18-2/h3-4,7H,5-6,8H2,1-2H3,(H,14,15)(H,16,17). The van der Waals surface area contributed by atoms with E-state index >= 15 is 0 Å². The molecule has 1 aromatic rings. The Balaban J connectivity index is 2.61. The third kappa shape index (κ3) is 5.32. The van der Waals surface area contributed by atoms with Crippen LogP contribution in [-0.4, -0.2) is 42.2 Å². The first-order chi connectivity index (χ1) is 9.04. The number of thioether (sulfide) groups is 1. The summed E-state index contributed by atoms with van der Waals surface area (Å²) >= 11 is 1.44. The number of carbonyl (C=O) groups is 2. The van der Waals surface area contributed by atoms with Crippen molar-refractivity contribution in [3.63, 3.8) is 0 Å². The number of hydrogen-bond acceptors (Lipinski definition) is 4. The number of nitrogens with one attached hydrogen (secondary N) is 1. The minimum absolute atomic E-state index is 0.107. The summed E-state index contributed by atoms with van der Waals surface area (Å²) in [7, 11) is 1.60. The number of aryl methyl sites for hydroxylation is 1. The second-order valence-electron chi connectivity index (χ2n) is 3.95. The monoisotopic (exact) mass is 283 g/mol. The van der Waals surface area contributed by atoms with Crippen molar-refractivity contribution in [1.82, 2.24) is 0 Å². The molecule has 0 aliphatic rings. The number of anilines is 1. The van der Waals surface area contributed by atoms with E-state index in [1.807, 2.05) is 0 Å². The lowest BCUT2D eigenvalue weighted by atomic mass is 10.1. The zero-order chi connectivity index (χ0) is 14.3. The fraction of sp³-hybridized carbons (Fsp3) is 0.385. The van der Waals surface area contributed by atoms with Gasteiger partial charge in [-0.2, -0.15) is 0 Å². The van der Waals surface area contributed by atoms with Gasteiger partial charge in [-0.25, -0.2) is 4.79 Å². The average Bonchev–Trinajstić information content (AvgIpc) is 2.36. The molecule has 6 heteroatoms. The van der Waals surface area contributed by atoms with E-state index in [2.05, 4.69) is 5.32 Å². The summed E-state index contributed by atoms with van der Waals surface area (Å²) in [6.07, 6.45) is 0. The molecule has 1 rings (SSSR count). The Morgan fingerprint density at radius 3 is 2.79 bits per heavy atom. The smallest absolute Gasteiger partial charge is 0.337 e. The van der Waals surface area contributed by atoms with E-state index in [1.165, 1.54) is 17.8 Å². The first-order valence-electron chi connectivity index (χ1n) is 5.75. The molecule has 0 saturated heterocycles. The average molecular weight is 283 g/mol. The third-order valence-corrected chi connectivity index (χ3v) is 3.27. The summed E-state index contributed by atoms with van der Waals surface area (Å²) in [6.45, 7) is 2.39. The highest BCUT2D eigenvalue weighted by atomic mass is 32.2. The summed E-state index contributed by atoms with van der Waals surface area (Å²) in [5.41, 5.74) is 1.27. The Hall–Kier alpha value is -1.53. The predicted octanol–water partition coefficient (Wildman–Crippen LogP) is 2.01. The van der Waals surface area contributed by atoms with Crippen LogP contribution in [0, 0.1) is 6.92 Å². The van der Waals surface area contributed by atoms with E-state index in [-0.39, 0.29) is 17.2 Å². The molecule has 0 unspecified atom stereocenters. The van der Waals surface area contributed by atoms with Gasteiger partial charge in [0.1, 0.15) is 0 Å². The summed E-state index contributed by atoms with van der Waals surface area (Å²) in [4.78, 5) is 22.8. The van der Waals surface area contributed by atoms with Crippen LogP contribution in [0.2, 0.25) is 0 Å². The topological polar surface area (TPSA) is 75.6 Å². The molecule has 1 aromatic carbocycles. The highest BCUT2D eigenvalue weighted by Crippen LogP contribution is 2.17. The summed E-state index contributed by atoms with van der Waals surface area (Å²) in [6, 6.07) is 4.91. The Kier molecular flexibility index (Phi) is 6.38. The largest absolute Gasteiger partial charge is 0.478 e. The van der Waals surface area contributed by atoms with Gasteiger partial charge in [0.2, 0.25) is 5.91 Å². The van der Waals surface area contributed by atoms with Crippen LogP contribution in [0.15, 0.2) is 18.2 Å². The van der Waals surface area contributed by atoms with Crippen LogP contribution in [-0.2, 0) is 9.53 Å². The lowest BCUT2D eigenvalue weighted by Gasteiger charge is -2.09. The second-order valence-corrected chi connectivity index (χ2v) is 5.05. The van der Waals surface area contributed by atoms with E-state index in [4.69, 9.17) is 9.84 Å². The van der Waals surface area contributed by atoms with Crippen LogP contribution in [0.3, 0.4) is 0 Å². The highest BCUT2D eigenvalue weighted by molar-refractivity contribution is 7.99. The van der Waals surface area contributed by atoms with Gasteiger partial charge in [0.05, 0.1) is 23.6 Å². The van der Waals surface area contributed by atoms with E-state index in [9.17, 15) is 9.59 Å². The molecule has 0 bridgehead atoms. The van der Waals surface area contributed by atoms with Gasteiger partial charge in [-0.3, -0.25) is 4.79 Å². The highest BCUT2D eigenvalue weighted by Gasteiger charge is 2.12. The molecule has 104 valence electrons. The van der Waals surface area contributed by atoms with Crippen molar-refractivity contribution in [3.8, 4) is 0 Å². The van der Waals surface area contributed by atoms with E-state index in [1.54, 1.807) is 26.2 Å². The molecule has 19 heavy (non-hydrogen) atoms. The summed E-state index contributed by atoms with van der Waals surface area (Å²) < 4.78 is 4.88. The second kappa shape index (κ2) is 7.81. The lowest BCUT2D eigenvalue weighted by Crippen LogP contribution is -2.17. The van der Waals surface area contributed by atoms with E-state index in [0.717, 1.165) is 11.3 Å². The van der Waals surface area contributed by atoms with E-state index < -0.39 is 5.97 Å². The molecule has 0 aliphatic heterocycles. The summed E-state index contributed by atoms with van der Waals surface area (Å²) in [5.74, 6) is -0.265. The Morgan fingerprint density at radius 2 is 2.16 bits per heavy atom. The Morgan fingerprint density at radius 1 is 1.42 bits per heavy atom. The molecule has 1 amide bonds. The number of carboxylic acid groups (broad SMARTS) is 1. The number of carbonyl (C=O) groups excluding carboxylic acids is 1. The van der Waals surface area contributed by atoms with Crippen molar-refractivity contribution in [2.75, 3.05) is 30.5 Å². The van der Waals surface area contributed by atoms with Gasteiger partial charge in [0.15, 0.2) is 0 Å².